The lowest BCUT2D eigenvalue weighted by atomic mass is 10.1. The maximum absolute atomic E-state index is 12.2. The van der Waals surface area contributed by atoms with Gasteiger partial charge in [-0.15, -0.1) is 0 Å². The fourth-order valence-corrected chi connectivity index (χ4v) is 2.47. The van der Waals surface area contributed by atoms with Crippen LogP contribution in [-0.4, -0.2) is 35.3 Å². The van der Waals surface area contributed by atoms with E-state index in [0.717, 1.165) is 6.42 Å². The summed E-state index contributed by atoms with van der Waals surface area (Å²) in [7, 11) is 1.19. The average Bonchev–Trinajstić information content (AvgIpc) is 2.97. The molecule has 8 heteroatoms. The summed E-state index contributed by atoms with van der Waals surface area (Å²) in [6.45, 7) is 4.52. The number of rotatable bonds is 7. The minimum atomic E-state index is -1.13. The quantitative estimate of drug-likeness (QED) is 0.716. The lowest BCUT2D eigenvalue weighted by Gasteiger charge is -2.16. The van der Waals surface area contributed by atoms with Crippen molar-refractivity contribution in [2.75, 3.05) is 19.5 Å². The number of carbonyl (C=O) groups excluding carboxylic acids is 1. The van der Waals surface area contributed by atoms with E-state index in [-0.39, 0.29) is 28.2 Å². The van der Waals surface area contributed by atoms with E-state index < -0.39 is 11.9 Å². The lowest BCUT2D eigenvalue weighted by Crippen LogP contribution is -2.13. The van der Waals surface area contributed by atoms with E-state index in [4.69, 9.17) is 15.2 Å². The van der Waals surface area contributed by atoms with Crippen LogP contribution in [0.25, 0.3) is 5.69 Å². The molecule has 0 radical (unpaired) electrons. The van der Waals surface area contributed by atoms with Gasteiger partial charge in [-0.1, -0.05) is 13.8 Å². The van der Waals surface area contributed by atoms with E-state index in [1.807, 2.05) is 6.07 Å². The summed E-state index contributed by atoms with van der Waals surface area (Å²) in [5.41, 5.74) is 6.17. The molecule has 0 aliphatic carbocycles. The molecule has 0 spiro atoms. The monoisotopic (exact) mass is 371 g/mol. The number of anilines is 1. The Morgan fingerprint density at radius 1 is 1.37 bits per heavy atom. The van der Waals surface area contributed by atoms with Crippen molar-refractivity contribution in [3.05, 3.63) is 41.2 Å². The Morgan fingerprint density at radius 3 is 2.63 bits per heavy atom. The van der Waals surface area contributed by atoms with Crippen LogP contribution >= 0.6 is 0 Å². The Labute approximate surface area is 156 Å². The molecule has 2 aromatic rings. The number of nitriles is 1. The summed E-state index contributed by atoms with van der Waals surface area (Å²) >= 11 is 0. The van der Waals surface area contributed by atoms with Crippen molar-refractivity contribution in [3.8, 4) is 17.5 Å². The summed E-state index contributed by atoms with van der Waals surface area (Å²) in [5, 5.41) is 18.6. The third kappa shape index (κ3) is 4.20. The predicted molar refractivity (Wildman–Crippen MR) is 98.1 cm³/mol. The molecule has 0 amide bonds. The molecule has 0 bridgehead atoms. The van der Waals surface area contributed by atoms with Gasteiger partial charge in [0.25, 0.3) is 0 Å². The van der Waals surface area contributed by atoms with Crippen molar-refractivity contribution in [3.63, 3.8) is 0 Å². The first-order valence-electron chi connectivity index (χ1n) is 8.29. The van der Waals surface area contributed by atoms with Crippen LogP contribution in [0.3, 0.4) is 0 Å². The first-order valence-corrected chi connectivity index (χ1v) is 8.29. The normalized spacial score (nSPS) is 10.5. The summed E-state index contributed by atoms with van der Waals surface area (Å²) < 4.78 is 11.9. The highest BCUT2D eigenvalue weighted by atomic mass is 16.5. The van der Waals surface area contributed by atoms with Crippen LogP contribution in [-0.2, 0) is 4.74 Å². The van der Waals surface area contributed by atoms with Crippen LogP contribution in [0, 0.1) is 17.2 Å². The van der Waals surface area contributed by atoms with Crippen molar-refractivity contribution >= 4 is 17.6 Å². The molecule has 1 aromatic heterocycles. The number of hydrogen-bond donors (Lipinski definition) is 2. The SMILES string of the molecule is COC(=O)c1c(N)c(C#N)cn1-c1cc(C(=O)O)ccc1OCCC(C)C. The molecule has 0 atom stereocenters. The fourth-order valence-electron chi connectivity index (χ4n) is 2.47. The molecule has 2 rings (SSSR count). The zero-order valence-corrected chi connectivity index (χ0v) is 15.4. The molecule has 1 heterocycles. The number of methoxy groups -OCH3 is 1. The van der Waals surface area contributed by atoms with Gasteiger partial charge in [0.2, 0.25) is 0 Å². The van der Waals surface area contributed by atoms with Crippen LogP contribution < -0.4 is 10.5 Å². The molecule has 0 fully saturated rings. The first kappa shape index (κ1) is 19.8. The van der Waals surface area contributed by atoms with Gasteiger partial charge in [0.15, 0.2) is 5.69 Å². The van der Waals surface area contributed by atoms with Crippen LogP contribution in [0.5, 0.6) is 5.75 Å². The molecule has 27 heavy (non-hydrogen) atoms. The van der Waals surface area contributed by atoms with Crippen LogP contribution in [0.15, 0.2) is 24.4 Å². The third-order valence-electron chi connectivity index (χ3n) is 3.96. The zero-order chi connectivity index (χ0) is 20.1. The van der Waals surface area contributed by atoms with Gasteiger partial charge >= 0.3 is 11.9 Å². The minimum Gasteiger partial charge on any atom is -0.491 e. The molecule has 142 valence electrons. The van der Waals surface area contributed by atoms with Crippen LogP contribution in [0.2, 0.25) is 0 Å². The van der Waals surface area contributed by atoms with Gasteiger partial charge in [-0.25, -0.2) is 9.59 Å². The maximum Gasteiger partial charge on any atom is 0.357 e. The number of nitrogens with zero attached hydrogens (tertiary/aromatic N) is 2. The number of carbonyl (C=O) groups is 2. The van der Waals surface area contributed by atoms with Gasteiger partial charge in [-0.05, 0) is 30.5 Å². The third-order valence-corrected chi connectivity index (χ3v) is 3.96. The van der Waals surface area contributed by atoms with Crippen molar-refractivity contribution < 1.29 is 24.2 Å². The van der Waals surface area contributed by atoms with Crippen molar-refractivity contribution in [2.45, 2.75) is 20.3 Å². The summed E-state index contributed by atoms with van der Waals surface area (Å²) in [5.74, 6) is -1.09. The van der Waals surface area contributed by atoms with Crippen molar-refractivity contribution in [1.29, 1.82) is 5.26 Å². The predicted octanol–water partition coefficient (Wildman–Crippen LogP) is 2.84. The number of nitrogens with two attached hydrogens (primary N) is 1. The average molecular weight is 371 g/mol. The van der Waals surface area contributed by atoms with E-state index in [0.29, 0.717) is 18.3 Å². The number of hydrogen-bond acceptors (Lipinski definition) is 6. The Hall–Kier alpha value is -3.47. The van der Waals surface area contributed by atoms with Gasteiger partial charge in [-0.2, -0.15) is 5.26 Å². The number of aromatic carboxylic acids is 1. The number of aromatic nitrogens is 1. The van der Waals surface area contributed by atoms with E-state index in [1.165, 1.54) is 36.1 Å². The van der Waals surface area contributed by atoms with E-state index >= 15 is 0 Å². The van der Waals surface area contributed by atoms with Gasteiger partial charge in [0.1, 0.15) is 11.8 Å². The molecular weight excluding hydrogens is 350 g/mol. The Balaban J connectivity index is 2.64. The topological polar surface area (TPSA) is 128 Å². The standard InChI is InChI=1S/C19H21N3O5/c1-11(2)6-7-27-15-5-4-12(18(23)24)8-14(15)22-10-13(9-20)16(21)17(22)19(25)26-3/h4-5,8,10-11H,6-7,21H2,1-3H3,(H,23,24). The number of carboxylic acid groups (broad SMARTS) is 1. The van der Waals surface area contributed by atoms with E-state index in [2.05, 4.69) is 13.8 Å². The Kier molecular flexibility index (Phi) is 6.08. The van der Waals surface area contributed by atoms with E-state index in [9.17, 15) is 20.0 Å². The summed E-state index contributed by atoms with van der Waals surface area (Å²) in [6.07, 6.45) is 2.15. The molecule has 0 aliphatic rings. The van der Waals surface area contributed by atoms with Gasteiger partial charge in [-0.3, -0.25) is 0 Å². The molecule has 8 nitrogen and oxygen atoms in total. The highest BCUT2D eigenvalue weighted by molar-refractivity contribution is 5.96. The fraction of sp³-hybridized carbons (Fsp3) is 0.316. The molecule has 0 aliphatic heterocycles. The number of esters is 1. The molecule has 3 N–H and O–H groups in total. The van der Waals surface area contributed by atoms with E-state index in [1.54, 1.807) is 0 Å². The summed E-state index contributed by atoms with van der Waals surface area (Å²) in [4.78, 5) is 23.6. The largest absolute Gasteiger partial charge is 0.491 e. The number of ether oxygens (including phenoxy) is 2. The number of nitrogen functional groups attached to an aromatic ring is 1. The lowest BCUT2D eigenvalue weighted by molar-refractivity contribution is 0.0592. The Morgan fingerprint density at radius 2 is 2.07 bits per heavy atom. The van der Waals surface area contributed by atoms with Crippen molar-refractivity contribution in [1.82, 2.24) is 4.57 Å². The van der Waals surface area contributed by atoms with Gasteiger partial charge in [0.05, 0.1) is 36.2 Å². The summed E-state index contributed by atoms with van der Waals surface area (Å²) in [6, 6.07) is 6.20. The second-order valence-electron chi connectivity index (χ2n) is 6.30. The van der Waals surface area contributed by atoms with Crippen molar-refractivity contribution in [2.24, 2.45) is 5.92 Å². The highest BCUT2D eigenvalue weighted by Crippen LogP contribution is 2.31. The molecular formula is C19H21N3O5. The molecule has 0 saturated heterocycles. The second kappa shape index (κ2) is 8.27. The van der Waals surface area contributed by atoms with Gasteiger partial charge < -0.3 is 24.9 Å². The molecule has 1 aromatic carbocycles. The van der Waals surface area contributed by atoms with Crippen LogP contribution in [0.4, 0.5) is 5.69 Å². The maximum atomic E-state index is 12.2. The smallest absolute Gasteiger partial charge is 0.357 e. The number of carboxylic acids is 1. The molecule has 0 saturated carbocycles. The second-order valence-corrected chi connectivity index (χ2v) is 6.30. The zero-order valence-electron chi connectivity index (χ0n) is 15.4. The number of benzene rings is 1. The van der Waals surface area contributed by atoms with Gasteiger partial charge in [0, 0.05) is 6.20 Å². The highest BCUT2D eigenvalue weighted by Gasteiger charge is 2.24. The molecule has 0 unspecified atom stereocenters. The first-order chi connectivity index (χ1) is 12.8. The minimum absolute atomic E-state index is 0.00260. The van der Waals surface area contributed by atoms with Crippen LogP contribution in [0.1, 0.15) is 46.7 Å². The Bertz CT molecular complexity index is 909.